The number of hydrogen-bond acceptors (Lipinski definition) is 4. The summed E-state index contributed by atoms with van der Waals surface area (Å²) in [6.45, 7) is 0. The van der Waals surface area contributed by atoms with Crippen molar-refractivity contribution < 1.29 is 27.8 Å². The molecule has 4 rings (SSSR count). The summed E-state index contributed by atoms with van der Waals surface area (Å²) < 4.78 is 37.6. The molecule has 0 N–H and O–H groups in total. The molecule has 0 heterocycles. The van der Waals surface area contributed by atoms with Gasteiger partial charge in [0.2, 0.25) is 0 Å². The van der Waals surface area contributed by atoms with Gasteiger partial charge in [0.15, 0.2) is 0 Å². The lowest BCUT2D eigenvalue weighted by atomic mass is 9.87. The first-order valence-corrected chi connectivity index (χ1v) is 9.49. The normalized spacial score (nSPS) is 17.7. The maximum atomic E-state index is 13.1. The van der Waals surface area contributed by atoms with Crippen molar-refractivity contribution >= 4 is 11.9 Å². The monoisotopic (exact) mass is 408 g/mol. The van der Waals surface area contributed by atoms with Gasteiger partial charge in [-0.25, -0.2) is 18.4 Å². The second-order valence-corrected chi connectivity index (χ2v) is 7.08. The van der Waals surface area contributed by atoms with E-state index >= 15 is 0 Å². The number of halogens is 2. The number of carbonyl (C=O) groups excluding carboxylic acids is 2. The van der Waals surface area contributed by atoms with Gasteiger partial charge in [0.05, 0.1) is 11.1 Å². The summed E-state index contributed by atoms with van der Waals surface area (Å²) in [6, 6.07) is 17.7. The van der Waals surface area contributed by atoms with E-state index in [0.29, 0.717) is 12.8 Å². The highest BCUT2D eigenvalue weighted by Gasteiger charge is 2.34. The molecule has 0 bridgehead atoms. The molecule has 1 aliphatic carbocycles. The highest BCUT2D eigenvalue weighted by Crippen LogP contribution is 2.27. The molecule has 0 fully saturated rings. The van der Waals surface area contributed by atoms with Gasteiger partial charge in [-0.1, -0.05) is 24.3 Å². The van der Waals surface area contributed by atoms with Gasteiger partial charge in [0, 0.05) is 12.8 Å². The average Bonchev–Trinajstić information content (AvgIpc) is 2.75. The number of esters is 2. The summed E-state index contributed by atoms with van der Waals surface area (Å²) in [7, 11) is 0. The molecule has 1 aliphatic rings. The lowest BCUT2D eigenvalue weighted by Gasteiger charge is -2.32. The van der Waals surface area contributed by atoms with E-state index in [4.69, 9.17) is 9.47 Å². The van der Waals surface area contributed by atoms with E-state index in [1.54, 1.807) is 0 Å². The Hall–Kier alpha value is -3.54. The summed E-state index contributed by atoms with van der Waals surface area (Å²) in [5.74, 6) is -2.15. The predicted octanol–water partition coefficient (Wildman–Crippen LogP) is 4.51. The van der Waals surface area contributed by atoms with Crippen molar-refractivity contribution in [3.05, 3.63) is 107 Å². The van der Waals surface area contributed by atoms with Gasteiger partial charge >= 0.3 is 11.9 Å². The van der Waals surface area contributed by atoms with Gasteiger partial charge in [0.1, 0.15) is 23.8 Å². The van der Waals surface area contributed by atoms with Crippen LogP contribution in [0.3, 0.4) is 0 Å². The van der Waals surface area contributed by atoms with E-state index in [1.807, 2.05) is 24.3 Å². The maximum absolute atomic E-state index is 13.1. The van der Waals surface area contributed by atoms with Crippen molar-refractivity contribution in [1.29, 1.82) is 0 Å². The molecule has 0 amide bonds. The molecular weight excluding hydrogens is 390 g/mol. The maximum Gasteiger partial charge on any atom is 0.338 e. The van der Waals surface area contributed by atoms with Crippen molar-refractivity contribution in [3.63, 3.8) is 0 Å². The number of rotatable bonds is 4. The van der Waals surface area contributed by atoms with Crippen LogP contribution in [-0.2, 0) is 22.3 Å². The third kappa shape index (κ3) is 4.38. The molecule has 30 heavy (non-hydrogen) atoms. The number of hydrogen-bond donors (Lipinski definition) is 0. The largest absolute Gasteiger partial charge is 0.454 e. The van der Waals surface area contributed by atoms with E-state index in [-0.39, 0.29) is 11.1 Å². The molecule has 0 unspecified atom stereocenters. The van der Waals surface area contributed by atoms with Crippen LogP contribution in [0.2, 0.25) is 0 Å². The van der Waals surface area contributed by atoms with E-state index in [1.165, 1.54) is 48.5 Å². The molecule has 0 saturated carbocycles. The van der Waals surface area contributed by atoms with Crippen molar-refractivity contribution in [2.24, 2.45) is 0 Å². The molecular formula is C24H18F2O4. The van der Waals surface area contributed by atoms with Crippen LogP contribution < -0.4 is 0 Å². The molecule has 0 saturated heterocycles. The van der Waals surface area contributed by atoms with Gasteiger partial charge < -0.3 is 9.47 Å². The summed E-state index contributed by atoms with van der Waals surface area (Å²) in [5.41, 5.74) is 2.42. The van der Waals surface area contributed by atoms with Crippen LogP contribution in [0.4, 0.5) is 8.78 Å². The Bertz CT molecular complexity index is 975. The summed E-state index contributed by atoms with van der Waals surface area (Å²) in [5, 5.41) is 0. The quantitative estimate of drug-likeness (QED) is 0.596. The Morgan fingerprint density at radius 2 is 1.00 bits per heavy atom. The summed E-state index contributed by atoms with van der Waals surface area (Å²) in [4.78, 5) is 25.1. The van der Waals surface area contributed by atoms with E-state index < -0.39 is 35.8 Å². The standard InChI is InChI=1S/C24H18F2O4/c25-19-9-5-15(6-10-19)23(27)29-21-13-17-3-1-2-4-18(17)14-22(21)30-24(28)16-7-11-20(26)12-8-16/h1-12,21-22H,13-14H2/t21-,22+. The number of ether oxygens (including phenoxy) is 2. The van der Waals surface area contributed by atoms with Crippen LogP contribution in [-0.4, -0.2) is 24.1 Å². The van der Waals surface area contributed by atoms with Crippen LogP contribution in [0.5, 0.6) is 0 Å². The SMILES string of the molecule is O=C(O[C@H]1Cc2ccccc2C[C@H]1OC(=O)c1ccc(F)cc1)c1ccc(F)cc1. The van der Waals surface area contributed by atoms with Crippen LogP contribution in [0.25, 0.3) is 0 Å². The van der Waals surface area contributed by atoms with Gasteiger partial charge in [-0.05, 0) is 59.7 Å². The molecule has 3 aromatic rings. The Balaban J connectivity index is 1.55. The zero-order valence-electron chi connectivity index (χ0n) is 15.9. The Kier molecular flexibility index (Phi) is 5.57. The summed E-state index contributed by atoms with van der Waals surface area (Å²) >= 11 is 0. The van der Waals surface area contributed by atoms with E-state index in [2.05, 4.69) is 0 Å². The minimum absolute atomic E-state index is 0.207. The fourth-order valence-corrected chi connectivity index (χ4v) is 3.47. The molecule has 6 heteroatoms. The molecule has 0 aliphatic heterocycles. The van der Waals surface area contributed by atoms with Crippen LogP contribution in [0.15, 0.2) is 72.8 Å². The Morgan fingerprint density at radius 1 is 0.633 bits per heavy atom. The molecule has 152 valence electrons. The van der Waals surface area contributed by atoms with Gasteiger partial charge in [-0.15, -0.1) is 0 Å². The van der Waals surface area contributed by atoms with Crippen molar-refractivity contribution in [2.75, 3.05) is 0 Å². The molecule has 0 radical (unpaired) electrons. The van der Waals surface area contributed by atoms with Gasteiger partial charge in [-0.2, -0.15) is 0 Å². The third-order valence-corrected chi connectivity index (χ3v) is 5.05. The van der Waals surface area contributed by atoms with Crippen molar-refractivity contribution in [2.45, 2.75) is 25.0 Å². The fraction of sp³-hybridized carbons (Fsp3) is 0.167. The first-order valence-electron chi connectivity index (χ1n) is 9.49. The Morgan fingerprint density at radius 3 is 1.37 bits per heavy atom. The second kappa shape index (κ2) is 8.45. The van der Waals surface area contributed by atoms with Crippen molar-refractivity contribution in [1.82, 2.24) is 0 Å². The molecule has 2 atom stereocenters. The number of benzene rings is 3. The summed E-state index contributed by atoms with van der Waals surface area (Å²) in [6.07, 6.45) is -0.654. The zero-order chi connectivity index (χ0) is 21.1. The smallest absolute Gasteiger partial charge is 0.338 e. The molecule has 0 aromatic heterocycles. The topological polar surface area (TPSA) is 52.6 Å². The third-order valence-electron chi connectivity index (χ3n) is 5.05. The van der Waals surface area contributed by atoms with E-state index in [9.17, 15) is 18.4 Å². The highest BCUT2D eigenvalue weighted by atomic mass is 19.1. The van der Waals surface area contributed by atoms with Crippen LogP contribution in [0.1, 0.15) is 31.8 Å². The highest BCUT2D eigenvalue weighted by molar-refractivity contribution is 5.90. The number of fused-ring (bicyclic) bond motifs is 1. The first-order chi connectivity index (χ1) is 14.5. The molecule has 3 aromatic carbocycles. The lowest BCUT2D eigenvalue weighted by Crippen LogP contribution is -2.41. The zero-order valence-corrected chi connectivity index (χ0v) is 15.9. The van der Waals surface area contributed by atoms with E-state index in [0.717, 1.165) is 11.1 Å². The fourth-order valence-electron chi connectivity index (χ4n) is 3.47. The van der Waals surface area contributed by atoms with Gasteiger partial charge in [-0.3, -0.25) is 0 Å². The second-order valence-electron chi connectivity index (χ2n) is 7.08. The first kappa shape index (κ1) is 19.8. The van der Waals surface area contributed by atoms with Crippen molar-refractivity contribution in [3.8, 4) is 0 Å². The number of carbonyl (C=O) groups is 2. The van der Waals surface area contributed by atoms with Gasteiger partial charge in [0.25, 0.3) is 0 Å². The minimum Gasteiger partial charge on any atom is -0.454 e. The molecule has 4 nitrogen and oxygen atoms in total. The van der Waals surface area contributed by atoms with Crippen LogP contribution in [0, 0.1) is 11.6 Å². The minimum atomic E-state index is -0.707. The Labute approximate surface area is 172 Å². The average molecular weight is 408 g/mol. The lowest BCUT2D eigenvalue weighted by molar-refractivity contribution is -0.0389. The predicted molar refractivity (Wildman–Crippen MR) is 105 cm³/mol. The molecule has 0 spiro atoms. The van der Waals surface area contributed by atoms with Crippen LogP contribution >= 0.6 is 0 Å².